The molecule has 0 fully saturated rings. The van der Waals surface area contributed by atoms with Crippen LogP contribution in [0.25, 0.3) is 0 Å². The minimum Gasteiger partial charge on any atom is -0.591 e. The third-order valence-corrected chi connectivity index (χ3v) is 2.88. The molecule has 0 aromatic heterocycles. The number of hydrogen-bond donors (Lipinski definition) is 0. The predicted molar refractivity (Wildman–Crippen MR) is 66.1 cm³/mol. The molecule has 0 amide bonds. The molecule has 0 aliphatic rings. The molecule has 0 saturated carbocycles. The van der Waals surface area contributed by atoms with Crippen molar-refractivity contribution in [1.82, 2.24) is 0 Å². The van der Waals surface area contributed by atoms with Crippen LogP contribution in [0.15, 0.2) is 54.6 Å². The maximum atomic E-state index is 10.8. The van der Waals surface area contributed by atoms with Crippen molar-refractivity contribution in [2.75, 3.05) is 0 Å². The molecule has 0 radical (unpaired) electrons. The van der Waals surface area contributed by atoms with E-state index in [-0.39, 0.29) is 0 Å². The molecule has 0 spiro atoms. The van der Waals surface area contributed by atoms with E-state index in [9.17, 15) is 9.46 Å². The summed E-state index contributed by atoms with van der Waals surface area (Å²) in [5.41, 5.74) is 1.61. The maximum absolute atomic E-state index is 10.8. The molecule has 17 heavy (non-hydrogen) atoms. The summed E-state index contributed by atoms with van der Waals surface area (Å²) in [6.45, 7) is 0. The molecule has 0 bridgehead atoms. The molecule has 0 N–H and O–H groups in total. The van der Waals surface area contributed by atoms with Crippen LogP contribution >= 0.6 is 8.03 Å². The molecule has 1 atom stereocenters. The first-order chi connectivity index (χ1) is 8.25. The van der Waals surface area contributed by atoms with Gasteiger partial charge in [-0.3, -0.25) is 0 Å². The Hall–Kier alpha value is -1.94. The van der Waals surface area contributed by atoms with E-state index in [2.05, 4.69) is 11.8 Å². The Bertz CT molecular complexity index is 594. The second-order valence-corrected chi connectivity index (χ2v) is 4.45. The largest absolute Gasteiger partial charge is 0.591 e. The van der Waals surface area contributed by atoms with Crippen molar-refractivity contribution in [3.8, 4) is 11.8 Å². The van der Waals surface area contributed by atoms with Gasteiger partial charge in [-0.1, -0.05) is 40.7 Å². The lowest BCUT2D eigenvalue weighted by Crippen LogP contribution is -2.03. The quantitative estimate of drug-likeness (QED) is 0.563. The fraction of sp³-hybridized carbons (Fsp3) is 0. The average Bonchev–Trinajstić information content (AvgIpc) is 2.38. The zero-order chi connectivity index (χ0) is 12.1. The standard InChI is InChI=1S/C14H9O2P/c15-17(16)14-8-4-7-13(11-14)10-9-12-5-2-1-3-6-12/h1-8,11H. The normalized spacial score (nSPS) is 10.3. The minimum absolute atomic E-state index is 0.292. The van der Waals surface area contributed by atoms with E-state index < -0.39 is 8.03 Å². The van der Waals surface area contributed by atoms with Crippen LogP contribution in [-0.4, -0.2) is 0 Å². The molecule has 3 heteroatoms. The molecule has 2 nitrogen and oxygen atoms in total. The van der Waals surface area contributed by atoms with E-state index in [1.54, 1.807) is 24.3 Å². The van der Waals surface area contributed by atoms with Crippen LogP contribution in [-0.2, 0) is 4.57 Å². The predicted octanol–water partition coefficient (Wildman–Crippen LogP) is 1.81. The zero-order valence-electron chi connectivity index (χ0n) is 8.96. The molecule has 2 aromatic carbocycles. The van der Waals surface area contributed by atoms with E-state index in [4.69, 9.17) is 0 Å². The Labute approximate surface area is 101 Å². The van der Waals surface area contributed by atoms with Crippen LogP contribution < -0.4 is 10.2 Å². The SMILES string of the molecule is O=[P+]([O-])c1cccc(C#Cc2ccccc2)c1. The van der Waals surface area contributed by atoms with Crippen molar-refractivity contribution in [1.29, 1.82) is 0 Å². The van der Waals surface area contributed by atoms with Gasteiger partial charge in [-0.2, -0.15) is 0 Å². The summed E-state index contributed by atoms with van der Waals surface area (Å²) in [4.78, 5) is 10.8. The van der Waals surface area contributed by atoms with Crippen molar-refractivity contribution in [2.24, 2.45) is 0 Å². The molecule has 0 saturated heterocycles. The minimum atomic E-state index is -2.54. The van der Waals surface area contributed by atoms with Crippen LogP contribution in [0.2, 0.25) is 0 Å². The first-order valence-corrected chi connectivity index (χ1v) is 6.25. The van der Waals surface area contributed by atoms with Gasteiger partial charge >= 0.3 is 8.03 Å². The van der Waals surface area contributed by atoms with Gasteiger partial charge in [-0.15, -0.1) is 0 Å². The highest BCUT2D eigenvalue weighted by Gasteiger charge is 2.05. The fourth-order valence-electron chi connectivity index (χ4n) is 1.36. The van der Waals surface area contributed by atoms with Gasteiger partial charge in [0.25, 0.3) is 0 Å². The first kappa shape index (κ1) is 11.5. The van der Waals surface area contributed by atoms with Crippen LogP contribution in [0.4, 0.5) is 0 Å². The van der Waals surface area contributed by atoms with Crippen LogP contribution in [0.5, 0.6) is 0 Å². The lowest BCUT2D eigenvalue weighted by atomic mass is 10.2. The van der Waals surface area contributed by atoms with Crippen molar-refractivity contribution < 1.29 is 9.46 Å². The average molecular weight is 240 g/mol. The smallest absolute Gasteiger partial charge is 0.348 e. The van der Waals surface area contributed by atoms with Crippen LogP contribution in [0, 0.1) is 11.8 Å². The Morgan fingerprint density at radius 1 is 0.882 bits per heavy atom. The van der Waals surface area contributed by atoms with Crippen molar-refractivity contribution in [3.63, 3.8) is 0 Å². The molecule has 1 unspecified atom stereocenters. The maximum Gasteiger partial charge on any atom is 0.348 e. The number of benzene rings is 2. The summed E-state index contributed by atoms with van der Waals surface area (Å²) in [6, 6.07) is 16.2. The number of rotatable bonds is 1. The topological polar surface area (TPSA) is 40.1 Å². The van der Waals surface area contributed by atoms with Crippen LogP contribution in [0.3, 0.4) is 0 Å². The Morgan fingerprint density at radius 3 is 2.24 bits per heavy atom. The summed E-state index contributed by atoms with van der Waals surface area (Å²) in [5.74, 6) is 5.92. The van der Waals surface area contributed by atoms with Gasteiger partial charge in [0.15, 0.2) is 5.30 Å². The van der Waals surface area contributed by atoms with E-state index in [1.807, 2.05) is 30.3 Å². The molecule has 0 heterocycles. The monoisotopic (exact) mass is 240 g/mol. The Morgan fingerprint density at radius 2 is 1.53 bits per heavy atom. The molecular formula is C14H9O2P. The van der Waals surface area contributed by atoms with Gasteiger partial charge < -0.3 is 4.89 Å². The zero-order valence-corrected chi connectivity index (χ0v) is 9.85. The fourth-order valence-corrected chi connectivity index (χ4v) is 1.82. The summed E-state index contributed by atoms with van der Waals surface area (Å²) in [7, 11) is -2.54. The van der Waals surface area contributed by atoms with Gasteiger partial charge in [0, 0.05) is 17.2 Å². The summed E-state index contributed by atoms with van der Waals surface area (Å²) >= 11 is 0. The second kappa shape index (κ2) is 5.41. The van der Waals surface area contributed by atoms with Crippen LogP contribution in [0.1, 0.15) is 11.1 Å². The third kappa shape index (κ3) is 3.26. The van der Waals surface area contributed by atoms with Gasteiger partial charge in [0.2, 0.25) is 0 Å². The molecule has 82 valence electrons. The van der Waals surface area contributed by atoms with Gasteiger partial charge in [-0.05, 0) is 24.3 Å². The van der Waals surface area contributed by atoms with Gasteiger partial charge in [0.05, 0.1) is 0 Å². The number of hydrogen-bond acceptors (Lipinski definition) is 2. The summed E-state index contributed by atoms with van der Waals surface area (Å²) < 4.78 is 10.8. The Balaban J connectivity index is 2.28. The highest BCUT2D eigenvalue weighted by atomic mass is 31.1. The molecule has 0 aliphatic heterocycles. The molecule has 0 aliphatic carbocycles. The van der Waals surface area contributed by atoms with Gasteiger partial charge in [0.1, 0.15) is 0 Å². The highest BCUT2D eigenvalue weighted by molar-refractivity contribution is 7.45. The van der Waals surface area contributed by atoms with Gasteiger partial charge in [-0.25, -0.2) is 0 Å². The third-order valence-electron chi connectivity index (χ3n) is 2.18. The van der Waals surface area contributed by atoms with E-state index in [0.29, 0.717) is 10.9 Å². The lowest BCUT2D eigenvalue weighted by molar-refractivity contribution is -0.160. The second-order valence-electron chi connectivity index (χ2n) is 3.42. The molecule has 2 rings (SSSR count). The Kier molecular flexibility index (Phi) is 3.67. The van der Waals surface area contributed by atoms with E-state index in [1.165, 1.54) is 0 Å². The highest BCUT2D eigenvalue weighted by Crippen LogP contribution is 2.08. The molecular weight excluding hydrogens is 231 g/mol. The lowest BCUT2D eigenvalue weighted by Gasteiger charge is -1.91. The first-order valence-electron chi connectivity index (χ1n) is 5.07. The molecule has 2 aromatic rings. The van der Waals surface area contributed by atoms with Crippen molar-refractivity contribution >= 4 is 13.3 Å². The van der Waals surface area contributed by atoms with E-state index in [0.717, 1.165) is 5.56 Å². The van der Waals surface area contributed by atoms with E-state index >= 15 is 0 Å². The summed E-state index contributed by atoms with van der Waals surface area (Å²) in [5, 5.41) is 0.292. The summed E-state index contributed by atoms with van der Waals surface area (Å²) in [6.07, 6.45) is 0. The van der Waals surface area contributed by atoms with Crippen molar-refractivity contribution in [2.45, 2.75) is 0 Å². The van der Waals surface area contributed by atoms with Crippen molar-refractivity contribution in [3.05, 3.63) is 65.7 Å².